The van der Waals surface area contributed by atoms with Gasteiger partial charge in [0, 0.05) is 18.8 Å². The third kappa shape index (κ3) is 3.21. The van der Waals surface area contributed by atoms with Crippen molar-refractivity contribution in [1.82, 2.24) is 14.8 Å². The number of rotatable bonds is 4. The van der Waals surface area contributed by atoms with Crippen molar-refractivity contribution in [3.63, 3.8) is 0 Å². The molecular formula is C14H24N4. The van der Waals surface area contributed by atoms with E-state index in [1.54, 1.807) is 0 Å². The molecular weight excluding hydrogens is 224 g/mol. The van der Waals surface area contributed by atoms with Gasteiger partial charge in [0.1, 0.15) is 0 Å². The van der Waals surface area contributed by atoms with Gasteiger partial charge >= 0.3 is 0 Å². The minimum atomic E-state index is 0.661. The van der Waals surface area contributed by atoms with Crippen LogP contribution < -0.4 is 5.73 Å². The highest BCUT2D eigenvalue weighted by Gasteiger charge is 2.22. The van der Waals surface area contributed by atoms with Crippen LogP contribution in [0.3, 0.4) is 0 Å². The molecule has 1 aromatic heterocycles. The maximum atomic E-state index is 5.94. The average Bonchev–Trinajstić information content (AvgIpc) is 2.41. The van der Waals surface area contributed by atoms with Crippen molar-refractivity contribution in [2.75, 3.05) is 32.4 Å². The molecule has 0 amide bonds. The van der Waals surface area contributed by atoms with Gasteiger partial charge in [-0.2, -0.15) is 0 Å². The van der Waals surface area contributed by atoms with Crippen molar-refractivity contribution in [3.05, 3.63) is 24.0 Å². The highest BCUT2D eigenvalue weighted by Crippen LogP contribution is 2.18. The number of nitrogen functional groups attached to an aromatic ring is 1. The topological polar surface area (TPSA) is 45.4 Å². The Morgan fingerprint density at radius 2 is 2.17 bits per heavy atom. The molecule has 4 heteroatoms. The Labute approximate surface area is 110 Å². The first kappa shape index (κ1) is 13.3. The number of hydrogen-bond donors (Lipinski definition) is 1. The summed E-state index contributed by atoms with van der Waals surface area (Å²) in [7, 11) is 2.18. The lowest BCUT2D eigenvalue weighted by Gasteiger charge is -2.36. The first-order valence-corrected chi connectivity index (χ1v) is 6.82. The largest absolute Gasteiger partial charge is 0.397 e. The fourth-order valence-electron chi connectivity index (χ4n) is 2.62. The monoisotopic (exact) mass is 248 g/mol. The van der Waals surface area contributed by atoms with Crippen molar-refractivity contribution in [2.45, 2.75) is 32.4 Å². The van der Waals surface area contributed by atoms with E-state index in [2.05, 4.69) is 28.8 Å². The first-order chi connectivity index (χ1) is 8.70. The van der Waals surface area contributed by atoms with Crippen LogP contribution in [0.2, 0.25) is 0 Å². The zero-order valence-electron chi connectivity index (χ0n) is 11.5. The molecule has 1 aromatic rings. The average molecular weight is 248 g/mol. The van der Waals surface area contributed by atoms with E-state index in [1.807, 2.05) is 18.3 Å². The van der Waals surface area contributed by atoms with Gasteiger partial charge in [0.2, 0.25) is 0 Å². The van der Waals surface area contributed by atoms with Gasteiger partial charge in [0.15, 0.2) is 0 Å². The summed E-state index contributed by atoms with van der Waals surface area (Å²) in [5.74, 6) is 0. The van der Waals surface area contributed by atoms with Crippen LogP contribution in [0.5, 0.6) is 0 Å². The standard InChI is InChI=1S/C14H24N4/c1-3-18-9-6-12(7-10-18)17(2)11-14-13(15)5-4-8-16-14/h4-5,8,12H,3,6-7,9-11,15H2,1-2H3. The molecule has 4 nitrogen and oxygen atoms in total. The molecule has 2 rings (SSSR count). The van der Waals surface area contributed by atoms with Crippen molar-refractivity contribution < 1.29 is 0 Å². The second-order valence-electron chi connectivity index (χ2n) is 5.12. The first-order valence-electron chi connectivity index (χ1n) is 6.82. The van der Waals surface area contributed by atoms with E-state index in [1.165, 1.54) is 32.5 Å². The number of piperidine rings is 1. The lowest BCUT2D eigenvalue weighted by atomic mass is 10.0. The molecule has 0 radical (unpaired) electrons. The summed E-state index contributed by atoms with van der Waals surface area (Å²) >= 11 is 0. The summed E-state index contributed by atoms with van der Waals surface area (Å²) < 4.78 is 0. The lowest BCUT2D eigenvalue weighted by Crippen LogP contribution is -2.43. The van der Waals surface area contributed by atoms with Crippen LogP contribution >= 0.6 is 0 Å². The molecule has 0 saturated carbocycles. The number of nitrogens with zero attached hydrogens (tertiary/aromatic N) is 3. The minimum absolute atomic E-state index is 0.661. The lowest BCUT2D eigenvalue weighted by molar-refractivity contribution is 0.126. The molecule has 2 N–H and O–H groups in total. The van der Waals surface area contributed by atoms with Gasteiger partial charge < -0.3 is 10.6 Å². The van der Waals surface area contributed by atoms with Crippen molar-refractivity contribution in [1.29, 1.82) is 0 Å². The molecule has 100 valence electrons. The Bertz CT molecular complexity index is 372. The van der Waals surface area contributed by atoms with Gasteiger partial charge in [-0.3, -0.25) is 9.88 Å². The second kappa shape index (κ2) is 6.16. The normalized spacial score (nSPS) is 18.4. The minimum Gasteiger partial charge on any atom is -0.397 e. The Kier molecular flexibility index (Phi) is 4.55. The summed E-state index contributed by atoms with van der Waals surface area (Å²) in [6.07, 6.45) is 4.31. The molecule has 0 spiro atoms. The smallest absolute Gasteiger partial charge is 0.0772 e. The summed E-state index contributed by atoms with van der Waals surface area (Å²) in [6, 6.07) is 4.48. The number of likely N-dealkylation sites (tertiary alicyclic amines) is 1. The summed E-state index contributed by atoms with van der Waals surface area (Å²) in [5, 5.41) is 0. The van der Waals surface area contributed by atoms with Gasteiger partial charge in [-0.05, 0) is 51.7 Å². The van der Waals surface area contributed by atoms with E-state index in [9.17, 15) is 0 Å². The maximum Gasteiger partial charge on any atom is 0.0772 e. The fraction of sp³-hybridized carbons (Fsp3) is 0.643. The predicted octanol–water partition coefficient (Wildman–Crippen LogP) is 1.58. The molecule has 0 unspecified atom stereocenters. The molecule has 1 fully saturated rings. The zero-order valence-corrected chi connectivity index (χ0v) is 11.5. The Morgan fingerprint density at radius 1 is 1.44 bits per heavy atom. The molecule has 0 atom stereocenters. The van der Waals surface area contributed by atoms with E-state index in [-0.39, 0.29) is 0 Å². The molecule has 1 aliphatic heterocycles. The number of anilines is 1. The van der Waals surface area contributed by atoms with Crippen molar-refractivity contribution in [2.24, 2.45) is 0 Å². The maximum absolute atomic E-state index is 5.94. The Hall–Kier alpha value is -1.13. The van der Waals surface area contributed by atoms with Crippen LogP contribution in [0.25, 0.3) is 0 Å². The van der Waals surface area contributed by atoms with E-state index in [0.717, 1.165) is 17.9 Å². The van der Waals surface area contributed by atoms with E-state index in [4.69, 9.17) is 5.73 Å². The van der Waals surface area contributed by atoms with Crippen molar-refractivity contribution in [3.8, 4) is 0 Å². The van der Waals surface area contributed by atoms with Crippen LogP contribution in [0.4, 0.5) is 5.69 Å². The van der Waals surface area contributed by atoms with E-state index in [0.29, 0.717) is 6.04 Å². The summed E-state index contributed by atoms with van der Waals surface area (Å²) in [4.78, 5) is 9.28. The molecule has 18 heavy (non-hydrogen) atoms. The van der Waals surface area contributed by atoms with Crippen molar-refractivity contribution >= 4 is 5.69 Å². The third-order valence-corrected chi connectivity index (χ3v) is 3.95. The van der Waals surface area contributed by atoms with Crippen LogP contribution in [-0.2, 0) is 6.54 Å². The van der Waals surface area contributed by atoms with Gasteiger partial charge in [-0.1, -0.05) is 6.92 Å². The van der Waals surface area contributed by atoms with Gasteiger partial charge in [-0.15, -0.1) is 0 Å². The van der Waals surface area contributed by atoms with E-state index < -0.39 is 0 Å². The SMILES string of the molecule is CCN1CCC(N(C)Cc2ncccc2N)CC1. The number of pyridine rings is 1. The number of nitrogens with two attached hydrogens (primary N) is 1. The van der Waals surface area contributed by atoms with Gasteiger partial charge in [-0.25, -0.2) is 0 Å². The molecule has 0 bridgehead atoms. The quantitative estimate of drug-likeness (QED) is 0.878. The summed E-state index contributed by atoms with van der Waals surface area (Å²) in [5.41, 5.74) is 7.74. The van der Waals surface area contributed by atoms with Crippen LogP contribution in [0.15, 0.2) is 18.3 Å². The van der Waals surface area contributed by atoms with Crippen LogP contribution in [0.1, 0.15) is 25.5 Å². The molecule has 0 aliphatic carbocycles. The highest BCUT2D eigenvalue weighted by atomic mass is 15.2. The zero-order chi connectivity index (χ0) is 13.0. The Balaban J connectivity index is 1.89. The second-order valence-corrected chi connectivity index (χ2v) is 5.12. The fourth-order valence-corrected chi connectivity index (χ4v) is 2.62. The molecule has 1 aliphatic rings. The number of hydrogen-bond acceptors (Lipinski definition) is 4. The third-order valence-electron chi connectivity index (χ3n) is 3.95. The molecule has 0 aromatic carbocycles. The predicted molar refractivity (Wildman–Crippen MR) is 75.3 cm³/mol. The molecule has 2 heterocycles. The van der Waals surface area contributed by atoms with Crippen LogP contribution in [0, 0.1) is 0 Å². The summed E-state index contributed by atoms with van der Waals surface area (Å²) in [6.45, 7) is 6.68. The van der Waals surface area contributed by atoms with Crippen LogP contribution in [-0.4, -0.2) is 47.5 Å². The molecule has 1 saturated heterocycles. The van der Waals surface area contributed by atoms with E-state index >= 15 is 0 Å². The van der Waals surface area contributed by atoms with Gasteiger partial charge in [0.05, 0.1) is 11.4 Å². The van der Waals surface area contributed by atoms with Gasteiger partial charge in [0.25, 0.3) is 0 Å². The number of aromatic nitrogens is 1. The highest BCUT2D eigenvalue weighted by molar-refractivity contribution is 5.41. The Morgan fingerprint density at radius 3 is 2.78 bits per heavy atom.